The van der Waals surface area contributed by atoms with Crippen LogP contribution in [0.5, 0.6) is 0 Å². The van der Waals surface area contributed by atoms with Gasteiger partial charge in [0.25, 0.3) is 0 Å². The van der Waals surface area contributed by atoms with Crippen molar-refractivity contribution in [2.75, 3.05) is 13.2 Å². The Morgan fingerprint density at radius 3 is 2.92 bits per heavy atom. The summed E-state index contributed by atoms with van der Waals surface area (Å²) in [5, 5.41) is 0. The molecule has 1 saturated heterocycles. The normalized spacial score (nSPS) is 21.2. The van der Waals surface area contributed by atoms with E-state index < -0.39 is 0 Å². The minimum atomic E-state index is -0.201. The van der Waals surface area contributed by atoms with E-state index in [2.05, 4.69) is 13.5 Å². The number of likely N-dealkylation sites (tertiary alicyclic amines) is 1. The number of carbonyl (C=O) groups excluding carboxylic acids is 1. The van der Waals surface area contributed by atoms with E-state index in [9.17, 15) is 4.79 Å². The molecule has 1 heterocycles. The van der Waals surface area contributed by atoms with E-state index in [0.717, 1.165) is 18.4 Å². The van der Waals surface area contributed by atoms with E-state index in [4.69, 9.17) is 4.74 Å². The molecule has 1 aliphatic heterocycles. The minimum Gasteiger partial charge on any atom is -0.449 e. The smallest absolute Gasteiger partial charge is 0.410 e. The zero-order valence-corrected chi connectivity index (χ0v) is 8.38. The number of unbranched alkanes of at least 4 members (excludes halogenated alkanes) is 1. The summed E-state index contributed by atoms with van der Waals surface area (Å²) in [6.45, 7) is 9.05. The van der Waals surface area contributed by atoms with E-state index >= 15 is 0 Å². The number of ether oxygens (including phenoxy) is 1. The lowest BCUT2D eigenvalue weighted by Gasteiger charge is -2.39. The van der Waals surface area contributed by atoms with Crippen LogP contribution in [0.3, 0.4) is 0 Å². The van der Waals surface area contributed by atoms with Gasteiger partial charge in [-0.25, -0.2) is 4.79 Å². The van der Waals surface area contributed by atoms with Crippen molar-refractivity contribution in [3.63, 3.8) is 0 Å². The summed E-state index contributed by atoms with van der Waals surface area (Å²) in [6, 6.07) is 0.161. The lowest BCUT2D eigenvalue weighted by Crippen LogP contribution is -2.51. The number of amides is 1. The van der Waals surface area contributed by atoms with Gasteiger partial charge in [0.2, 0.25) is 0 Å². The first-order valence-electron chi connectivity index (χ1n) is 4.78. The molecule has 1 rings (SSSR count). The van der Waals surface area contributed by atoms with Gasteiger partial charge in [0.15, 0.2) is 0 Å². The number of carbonyl (C=O) groups is 1. The molecule has 1 atom stereocenters. The van der Waals surface area contributed by atoms with Gasteiger partial charge in [-0.3, -0.25) is 4.90 Å². The Balaban J connectivity index is 2.21. The number of nitrogens with zero attached hydrogens (tertiary/aromatic N) is 1. The van der Waals surface area contributed by atoms with E-state index in [1.807, 2.05) is 6.92 Å². The lowest BCUT2D eigenvalue weighted by atomic mass is 10.0. The first kappa shape index (κ1) is 10.1. The maximum atomic E-state index is 11.3. The molecule has 0 aromatic carbocycles. The van der Waals surface area contributed by atoms with Crippen molar-refractivity contribution in [3.05, 3.63) is 12.2 Å². The Kier molecular flexibility index (Phi) is 3.34. The topological polar surface area (TPSA) is 29.5 Å². The molecule has 13 heavy (non-hydrogen) atoms. The van der Waals surface area contributed by atoms with Crippen molar-refractivity contribution in [2.45, 2.75) is 32.7 Å². The van der Waals surface area contributed by atoms with Crippen molar-refractivity contribution in [2.24, 2.45) is 0 Å². The van der Waals surface area contributed by atoms with Gasteiger partial charge in [0, 0.05) is 6.54 Å². The van der Waals surface area contributed by atoms with Gasteiger partial charge in [0.05, 0.1) is 12.6 Å². The van der Waals surface area contributed by atoms with E-state index in [-0.39, 0.29) is 12.1 Å². The Bertz CT molecular complexity index is 213. The molecule has 3 nitrogen and oxygen atoms in total. The van der Waals surface area contributed by atoms with Crippen LogP contribution in [0.15, 0.2) is 12.2 Å². The fourth-order valence-electron chi connectivity index (χ4n) is 1.21. The number of hydrogen-bond acceptors (Lipinski definition) is 2. The van der Waals surface area contributed by atoms with E-state index in [0.29, 0.717) is 13.2 Å². The molecule has 0 saturated carbocycles. The molecule has 0 aliphatic carbocycles. The highest BCUT2D eigenvalue weighted by Gasteiger charge is 2.32. The summed E-state index contributed by atoms with van der Waals surface area (Å²) in [5.74, 6) is 0. The predicted octanol–water partition coefficient (Wildman–Crippen LogP) is 2.18. The average Bonchev–Trinajstić information content (AvgIpc) is 2.13. The van der Waals surface area contributed by atoms with Gasteiger partial charge in [-0.15, -0.1) is 0 Å². The molecular weight excluding hydrogens is 166 g/mol. The lowest BCUT2D eigenvalue weighted by molar-refractivity contribution is 0.0782. The molecule has 74 valence electrons. The van der Waals surface area contributed by atoms with Crippen LogP contribution in [0.2, 0.25) is 0 Å². The van der Waals surface area contributed by atoms with Gasteiger partial charge in [-0.2, -0.15) is 0 Å². The summed E-state index contributed by atoms with van der Waals surface area (Å²) in [4.78, 5) is 13.0. The highest BCUT2D eigenvalue weighted by atomic mass is 16.6. The molecule has 0 radical (unpaired) electrons. The van der Waals surface area contributed by atoms with Gasteiger partial charge in [-0.05, 0) is 18.9 Å². The number of hydrogen-bond donors (Lipinski definition) is 0. The standard InChI is InChI=1S/C10H17NO2/c1-4-5-6-13-10(12)11-7-8(2)9(11)3/h9H,2,4-7H2,1,3H3. The monoisotopic (exact) mass is 183 g/mol. The van der Waals surface area contributed by atoms with Crippen LogP contribution in [-0.2, 0) is 4.74 Å². The first-order valence-corrected chi connectivity index (χ1v) is 4.78. The molecule has 0 spiro atoms. The highest BCUT2D eigenvalue weighted by molar-refractivity contribution is 5.71. The Labute approximate surface area is 79.4 Å². The molecule has 1 aliphatic rings. The maximum absolute atomic E-state index is 11.3. The van der Waals surface area contributed by atoms with Crippen molar-refractivity contribution in [1.82, 2.24) is 4.90 Å². The number of rotatable bonds is 3. The van der Waals surface area contributed by atoms with Crippen molar-refractivity contribution in [3.8, 4) is 0 Å². The van der Waals surface area contributed by atoms with Crippen LogP contribution in [-0.4, -0.2) is 30.2 Å². The van der Waals surface area contributed by atoms with E-state index in [1.165, 1.54) is 0 Å². The Hall–Kier alpha value is -0.990. The summed E-state index contributed by atoms with van der Waals surface area (Å²) in [5.41, 5.74) is 1.10. The van der Waals surface area contributed by atoms with Crippen molar-refractivity contribution in [1.29, 1.82) is 0 Å². The molecule has 0 bridgehead atoms. The zero-order chi connectivity index (χ0) is 9.84. The minimum absolute atomic E-state index is 0.161. The molecule has 1 amide bonds. The van der Waals surface area contributed by atoms with E-state index in [1.54, 1.807) is 4.90 Å². The maximum Gasteiger partial charge on any atom is 0.410 e. The Morgan fingerprint density at radius 2 is 2.46 bits per heavy atom. The second-order valence-corrected chi connectivity index (χ2v) is 3.43. The second-order valence-electron chi connectivity index (χ2n) is 3.43. The SMILES string of the molecule is C=C1CN(C(=O)OCCCC)C1C. The van der Waals surface area contributed by atoms with Crippen LogP contribution in [0, 0.1) is 0 Å². The quantitative estimate of drug-likeness (QED) is 0.496. The van der Waals surface area contributed by atoms with Gasteiger partial charge >= 0.3 is 6.09 Å². The second kappa shape index (κ2) is 4.30. The fourth-order valence-corrected chi connectivity index (χ4v) is 1.21. The molecule has 0 aromatic rings. The fraction of sp³-hybridized carbons (Fsp3) is 0.700. The van der Waals surface area contributed by atoms with Crippen LogP contribution in [0.1, 0.15) is 26.7 Å². The molecule has 3 heteroatoms. The largest absolute Gasteiger partial charge is 0.449 e. The zero-order valence-electron chi connectivity index (χ0n) is 8.38. The van der Waals surface area contributed by atoms with Crippen LogP contribution >= 0.6 is 0 Å². The molecule has 1 unspecified atom stereocenters. The molecular formula is C10H17NO2. The van der Waals surface area contributed by atoms with Gasteiger partial charge in [0.1, 0.15) is 0 Å². The van der Waals surface area contributed by atoms with Gasteiger partial charge < -0.3 is 4.74 Å². The van der Waals surface area contributed by atoms with Crippen molar-refractivity contribution < 1.29 is 9.53 Å². The average molecular weight is 183 g/mol. The Morgan fingerprint density at radius 1 is 1.77 bits per heavy atom. The highest BCUT2D eigenvalue weighted by Crippen LogP contribution is 2.22. The first-order chi connectivity index (χ1) is 6.16. The summed E-state index contributed by atoms with van der Waals surface area (Å²) >= 11 is 0. The summed E-state index contributed by atoms with van der Waals surface area (Å²) < 4.78 is 5.05. The third-order valence-corrected chi connectivity index (χ3v) is 2.39. The van der Waals surface area contributed by atoms with Gasteiger partial charge in [-0.1, -0.05) is 19.9 Å². The summed E-state index contributed by atoms with van der Waals surface area (Å²) in [6.07, 6.45) is 1.79. The molecule has 0 aromatic heterocycles. The summed E-state index contributed by atoms with van der Waals surface area (Å²) in [7, 11) is 0. The molecule has 0 N–H and O–H groups in total. The van der Waals surface area contributed by atoms with Crippen LogP contribution < -0.4 is 0 Å². The van der Waals surface area contributed by atoms with Crippen LogP contribution in [0.4, 0.5) is 4.79 Å². The van der Waals surface area contributed by atoms with Crippen LogP contribution in [0.25, 0.3) is 0 Å². The third kappa shape index (κ3) is 2.23. The molecule has 1 fully saturated rings. The predicted molar refractivity (Wildman–Crippen MR) is 51.6 cm³/mol. The third-order valence-electron chi connectivity index (χ3n) is 2.39. The van der Waals surface area contributed by atoms with Crippen molar-refractivity contribution >= 4 is 6.09 Å².